The van der Waals surface area contributed by atoms with Gasteiger partial charge in [-0.15, -0.1) is 0 Å². The average molecular weight is 258 g/mol. The van der Waals surface area contributed by atoms with E-state index in [1.165, 1.54) is 0 Å². The predicted octanol–water partition coefficient (Wildman–Crippen LogP) is 0.614. The molecule has 1 atom stereocenters. The summed E-state index contributed by atoms with van der Waals surface area (Å²) in [6, 6.07) is -0.381. The number of ether oxygens (including phenoxy) is 1. The summed E-state index contributed by atoms with van der Waals surface area (Å²) < 4.78 is 10.1. The Labute approximate surface area is 106 Å². The first-order valence-electron chi connectivity index (χ1n) is 5.63. The van der Waals surface area contributed by atoms with Crippen LogP contribution in [0.15, 0.2) is 4.52 Å². The molecule has 96 valence electrons. The highest BCUT2D eigenvalue weighted by atomic mass is 32.1. The van der Waals surface area contributed by atoms with Crippen molar-refractivity contribution in [2.24, 2.45) is 5.73 Å². The van der Waals surface area contributed by atoms with E-state index in [0.717, 1.165) is 13.1 Å². The molecule has 0 spiro atoms. The van der Waals surface area contributed by atoms with Gasteiger partial charge in [0, 0.05) is 17.8 Å². The Bertz CT molecular complexity index is 371. The van der Waals surface area contributed by atoms with E-state index in [9.17, 15) is 0 Å². The summed E-state index contributed by atoms with van der Waals surface area (Å²) >= 11 is 4.41. The van der Waals surface area contributed by atoms with Crippen LogP contribution in [0.3, 0.4) is 0 Å². The molecule has 2 heterocycles. The Morgan fingerprint density at radius 3 is 2.65 bits per heavy atom. The first-order valence-corrected chi connectivity index (χ1v) is 6.07. The van der Waals surface area contributed by atoms with Gasteiger partial charge in [-0.3, -0.25) is 0 Å². The van der Waals surface area contributed by atoms with Crippen molar-refractivity contribution in [2.75, 3.05) is 31.2 Å². The van der Waals surface area contributed by atoms with Crippen molar-refractivity contribution in [1.29, 1.82) is 0 Å². The molecule has 2 rings (SSSR count). The van der Waals surface area contributed by atoms with Gasteiger partial charge in [-0.05, 0) is 19.0 Å². The van der Waals surface area contributed by atoms with E-state index in [1.54, 1.807) is 0 Å². The second kappa shape index (κ2) is 4.83. The molecule has 6 nitrogen and oxygen atoms in total. The molecule has 1 aromatic heterocycles. The zero-order valence-electron chi connectivity index (χ0n) is 10.1. The van der Waals surface area contributed by atoms with E-state index in [0.29, 0.717) is 25.1 Å². The number of nitrogens with zero attached hydrogens (tertiary/aromatic N) is 3. The summed E-state index contributed by atoms with van der Waals surface area (Å²) in [6.07, 6.45) is 0. The number of nitrogens with two attached hydrogens (primary N) is 1. The van der Waals surface area contributed by atoms with E-state index in [4.69, 9.17) is 15.0 Å². The summed E-state index contributed by atoms with van der Waals surface area (Å²) in [5.41, 5.74) is 6.00. The van der Waals surface area contributed by atoms with Crippen molar-refractivity contribution in [3.05, 3.63) is 5.89 Å². The average Bonchev–Trinajstić information content (AvgIpc) is 2.77. The minimum atomic E-state index is -0.394. The van der Waals surface area contributed by atoms with Crippen LogP contribution in [0.5, 0.6) is 0 Å². The lowest BCUT2D eigenvalue weighted by atomic mass is 10.0. The van der Waals surface area contributed by atoms with Gasteiger partial charge in [0.15, 0.2) is 0 Å². The number of anilines is 1. The van der Waals surface area contributed by atoms with Crippen LogP contribution in [0.2, 0.25) is 0 Å². The predicted molar refractivity (Wildman–Crippen MR) is 67.3 cm³/mol. The van der Waals surface area contributed by atoms with Gasteiger partial charge in [0.1, 0.15) is 0 Å². The molecule has 1 aliphatic heterocycles. The number of morpholine rings is 1. The Morgan fingerprint density at radius 2 is 2.06 bits per heavy atom. The van der Waals surface area contributed by atoms with Gasteiger partial charge in [0.05, 0.1) is 19.3 Å². The van der Waals surface area contributed by atoms with Crippen molar-refractivity contribution >= 4 is 18.6 Å². The highest BCUT2D eigenvalue weighted by molar-refractivity contribution is 7.81. The minimum absolute atomic E-state index is 0.381. The monoisotopic (exact) mass is 258 g/mol. The standard InChI is InChI=1S/C10H18N4O2S/c1-10(2,17)7(11)8-12-9(13-16-8)14-3-5-15-6-4-14/h7,17H,3-6,11H2,1-2H3/t7-/m1/s1. The van der Waals surface area contributed by atoms with Gasteiger partial charge in [0.25, 0.3) is 5.95 Å². The zero-order chi connectivity index (χ0) is 12.5. The second-order valence-corrected chi connectivity index (χ2v) is 5.82. The van der Waals surface area contributed by atoms with Gasteiger partial charge in [-0.1, -0.05) is 0 Å². The summed E-state index contributed by atoms with van der Waals surface area (Å²) in [7, 11) is 0. The number of thiol groups is 1. The smallest absolute Gasteiger partial charge is 0.266 e. The topological polar surface area (TPSA) is 77.4 Å². The van der Waals surface area contributed by atoms with Crippen molar-refractivity contribution in [3.63, 3.8) is 0 Å². The quantitative estimate of drug-likeness (QED) is 0.774. The van der Waals surface area contributed by atoms with Crippen LogP contribution < -0.4 is 10.6 Å². The number of hydrogen-bond donors (Lipinski definition) is 2. The van der Waals surface area contributed by atoms with Crippen LogP contribution in [-0.4, -0.2) is 41.2 Å². The van der Waals surface area contributed by atoms with Gasteiger partial charge < -0.3 is 19.9 Å². The third-order valence-corrected chi connectivity index (χ3v) is 3.03. The fraction of sp³-hybridized carbons (Fsp3) is 0.800. The van der Waals surface area contributed by atoms with Crippen LogP contribution in [0, 0.1) is 0 Å². The molecule has 17 heavy (non-hydrogen) atoms. The Kier molecular flexibility index (Phi) is 3.60. The van der Waals surface area contributed by atoms with Crippen LogP contribution in [0.1, 0.15) is 25.8 Å². The van der Waals surface area contributed by atoms with Crippen molar-refractivity contribution in [1.82, 2.24) is 10.1 Å². The number of rotatable bonds is 3. The first kappa shape index (κ1) is 12.7. The third kappa shape index (κ3) is 2.91. The highest BCUT2D eigenvalue weighted by Gasteiger charge is 2.29. The molecule has 0 aliphatic carbocycles. The molecular weight excluding hydrogens is 240 g/mol. The van der Waals surface area contributed by atoms with Crippen molar-refractivity contribution in [2.45, 2.75) is 24.6 Å². The molecular formula is C10H18N4O2S. The third-order valence-electron chi connectivity index (χ3n) is 2.75. The van der Waals surface area contributed by atoms with Crippen molar-refractivity contribution < 1.29 is 9.26 Å². The summed E-state index contributed by atoms with van der Waals surface area (Å²) in [6.45, 7) is 6.76. The summed E-state index contributed by atoms with van der Waals surface area (Å²) in [4.78, 5) is 6.34. The van der Waals surface area contributed by atoms with Crippen LogP contribution in [-0.2, 0) is 4.74 Å². The fourth-order valence-electron chi connectivity index (χ4n) is 1.55. The molecule has 1 fully saturated rings. The van der Waals surface area contributed by atoms with Crippen LogP contribution >= 0.6 is 12.6 Å². The molecule has 0 aromatic carbocycles. The van der Waals surface area contributed by atoms with Crippen LogP contribution in [0.25, 0.3) is 0 Å². The molecule has 7 heteroatoms. The summed E-state index contributed by atoms with van der Waals surface area (Å²) in [5, 5.41) is 3.94. The maximum Gasteiger partial charge on any atom is 0.266 e. The highest BCUT2D eigenvalue weighted by Crippen LogP contribution is 2.28. The van der Waals surface area contributed by atoms with Gasteiger partial charge in [0.2, 0.25) is 5.89 Å². The molecule has 0 unspecified atom stereocenters. The van der Waals surface area contributed by atoms with Gasteiger partial charge >= 0.3 is 0 Å². The lowest BCUT2D eigenvalue weighted by Gasteiger charge is -2.25. The minimum Gasteiger partial charge on any atom is -0.378 e. The molecule has 1 saturated heterocycles. The van der Waals surface area contributed by atoms with Crippen molar-refractivity contribution in [3.8, 4) is 0 Å². The first-order chi connectivity index (χ1) is 7.98. The van der Waals surface area contributed by atoms with Gasteiger partial charge in [-0.2, -0.15) is 17.6 Å². The molecule has 0 radical (unpaired) electrons. The maximum absolute atomic E-state index is 6.00. The zero-order valence-corrected chi connectivity index (χ0v) is 11.0. The second-order valence-electron chi connectivity index (χ2n) is 4.66. The van der Waals surface area contributed by atoms with E-state index < -0.39 is 4.75 Å². The fourth-order valence-corrected chi connectivity index (χ4v) is 1.66. The Hall–Kier alpha value is -0.790. The lowest BCUT2D eigenvalue weighted by molar-refractivity contribution is 0.121. The van der Waals surface area contributed by atoms with E-state index in [2.05, 4.69) is 22.8 Å². The molecule has 1 aliphatic rings. The molecule has 0 bridgehead atoms. The van der Waals surface area contributed by atoms with E-state index in [1.807, 2.05) is 18.7 Å². The van der Waals surface area contributed by atoms with Crippen LogP contribution in [0.4, 0.5) is 5.95 Å². The Morgan fingerprint density at radius 1 is 1.41 bits per heavy atom. The molecule has 0 amide bonds. The number of aromatic nitrogens is 2. The molecule has 2 N–H and O–H groups in total. The maximum atomic E-state index is 6.00. The number of hydrogen-bond acceptors (Lipinski definition) is 7. The summed E-state index contributed by atoms with van der Waals surface area (Å²) in [5.74, 6) is 1.00. The SMILES string of the molecule is CC(C)(S)[C@H](N)c1nc(N2CCOCC2)no1. The molecule has 0 saturated carbocycles. The lowest BCUT2D eigenvalue weighted by Crippen LogP contribution is -2.37. The van der Waals surface area contributed by atoms with E-state index in [-0.39, 0.29) is 6.04 Å². The van der Waals surface area contributed by atoms with E-state index >= 15 is 0 Å². The van der Waals surface area contributed by atoms with Gasteiger partial charge in [-0.25, -0.2) is 0 Å². The largest absolute Gasteiger partial charge is 0.378 e. The Balaban J connectivity index is 2.10. The normalized spacial score (nSPS) is 19.4. The molecule has 1 aromatic rings.